The summed E-state index contributed by atoms with van der Waals surface area (Å²) in [6.07, 6.45) is 6.53. The van der Waals surface area contributed by atoms with Gasteiger partial charge in [-0.15, -0.1) is 0 Å². The van der Waals surface area contributed by atoms with E-state index >= 15 is 0 Å². The smallest absolute Gasteiger partial charge is 0.159 e. The van der Waals surface area contributed by atoms with Crippen molar-refractivity contribution in [3.8, 4) is 5.82 Å². The first-order valence-electron chi connectivity index (χ1n) is 9.01. The van der Waals surface area contributed by atoms with Crippen LogP contribution in [0.2, 0.25) is 0 Å². The lowest BCUT2D eigenvalue weighted by molar-refractivity contribution is 0.259. The quantitative estimate of drug-likeness (QED) is 0.699. The van der Waals surface area contributed by atoms with Gasteiger partial charge >= 0.3 is 0 Å². The van der Waals surface area contributed by atoms with Crippen LogP contribution >= 0.6 is 0 Å². The van der Waals surface area contributed by atoms with Crippen molar-refractivity contribution < 1.29 is 0 Å². The zero-order valence-electron chi connectivity index (χ0n) is 15.0. The molecular formula is C19H23N7. The summed E-state index contributed by atoms with van der Waals surface area (Å²) in [5.74, 6) is 2.56. The summed E-state index contributed by atoms with van der Waals surface area (Å²) in [5, 5.41) is 4.27. The maximum Gasteiger partial charge on any atom is 0.159 e. The first kappa shape index (κ1) is 16.7. The molecule has 0 unspecified atom stereocenters. The van der Waals surface area contributed by atoms with Crippen molar-refractivity contribution in [1.29, 1.82) is 0 Å². The van der Waals surface area contributed by atoms with E-state index in [0.29, 0.717) is 0 Å². The zero-order chi connectivity index (χ0) is 17.8. The Morgan fingerprint density at radius 2 is 1.81 bits per heavy atom. The first-order chi connectivity index (χ1) is 12.8. The van der Waals surface area contributed by atoms with Crippen molar-refractivity contribution in [3.05, 3.63) is 60.4 Å². The van der Waals surface area contributed by atoms with Crippen molar-refractivity contribution >= 4 is 5.82 Å². The standard InChI is InChI=1S/C19H23N7/c1-16-22-18(15-19(23-16)26-9-4-8-21-26)25-13-11-24(12-14-25)10-6-17-5-2-3-7-20-17/h2-5,7-9,15H,6,10-14H2,1H3. The van der Waals surface area contributed by atoms with Gasteiger partial charge in [-0.3, -0.25) is 9.88 Å². The van der Waals surface area contributed by atoms with E-state index in [2.05, 4.69) is 42.0 Å². The third kappa shape index (κ3) is 3.88. The summed E-state index contributed by atoms with van der Waals surface area (Å²) in [4.78, 5) is 18.4. The molecule has 26 heavy (non-hydrogen) atoms. The van der Waals surface area contributed by atoms with Gasteiger partial charge in [-0.05, 0) is 25.1 Å². The van der Waals surface area contributed by atoms with Gasteiger partial charge in [-0.2, -0.15) is 5.10 Å². The predicted molar refractivity (Wildman–Crippen MR) is 100 cm³/mol. The minimum absolute atomic E-state index is 0.769. The second-order valence-electron chi connectivity index (χ2n) is 6.48. The lowest BCUT2D eigenvalue weighted by Gasteiger charge is -2.35. The highest BCUT2D eigenvalue weighted by molar-refractivity contribution is 5.44. The molecule has 0 saturated carbocycles. The lowest BCUT2D eigenvalue weighted by atomic mass is 10.2. The van der Waals surface area contributed by atoms with E-state index in [9.17, 15) is 0 Å². The van der Waals surface area contributed by atoms with E-state index < -0.39 is 0 Å². The molecule has 3 aromatic rings. The number of hydrogen-bond acceptors (Lipinski definition) is 6. The molecule has 0 N–H and O–H groups in total. The molecule has 7 nitrogen and oxygen atoms in total. The van der Waals surface area contributed by atoms with Gasteiger partial charge in [0.2, 0.25) is 0 Å². The normalized spacial score (nSPS) is 15.3. The summed E-state index contributed by atoms with van der Waals surface area (Å²) in [6.45, 7) is 6.99. The lowest BCUT2D eigenvalue weighted by Crippen LogP contribution is -2.47. The van der Waals surface area contributed by atoms with Crippen LogP contribution in [0.25, 0.3) is 5.82 Å². The van der Waals surface area contributed by atoms with E-state index in [-0.39, 0.29) is 0 Å². The van der Waals surface area contributed by atoms with Crippen LogP contribution in [-0.4, -0.2) is 62.4 Å². The molecule has 0 radical (unpaired) electrons. The second-order valence-corrected chi connectivity index (χ2v) is 6.48. The first-order valence-corrected chi connectivity index (χ1v) is 9.01. The third-order valence-electron chi connectivity index (χ3n) is 4.66. The number of nitrogens with zero attached hydrogens (tertiary/aromatic N) is 7. The number of aromatic nitrogens is 5. The van der Waals surface area contributed by atoms with Gasteiger partial charge in [0, 0.05) is 69.5 Å². The van der Waals surface area contributed by atoms with Crippen LogP contribution in [0.4, 0.5) is 5.82 Å². The van der Waals surface area contributed by atoms with Gasteiger partial charge in [-0.1, -0.05) is 6.07 Å². The van der Waals surface area contributed by atoms with Crippen molar-refractivity contribution in [2.45, 2.75) is 13.3 Å². The Balaban J connectivity index is 1.37. The second kappa shape index (κ2) is 7.61. The third-order valence-corrected chi connectivity index (χ3v) is 4.66. The number of piperazine rings is 1. The van der Waals surface area contributed by atoms with Crippen LogP contribution in [0.15, 0.2) is 48.9 Å². The van der Waals surface area contributed by atoms with Crippen molar-refractivity contribution in [2.75, 3.05) is 37.6 Å². The highest BCUT2D eigenvalue weighted by Gasteiger charge is 2.19. The summed E-state index contributed by atoms with van der Waals surface area (Å²) in [5.41, 5.74) is 1.16. The van der Waals surface area contributed by atoms with E-state index in [1.165, 1.54) is 0 Å². The van der Waals surface area contributed by atoms with Crippen LogP contribution in [0.5, 0.6) is 0 Å². The number of anilines is 1. The molecule has 3 aromatic heterocycles. The number of rotatable bonds is 5. The summed E-state index contributed by atoms with van der Waals surface area (Å²) >= 11 is 0. The molecule has 4 heterocycles. The van der Waals surface area contributed by atoms with Crippen molar-refractivity contribution in [2.24, 2.45) is 0 Å². The summed E-state index contributed by atoms with van der Waals surface area (Å²) < 4.78 is 1.78. The average Bonchev–Trinajstić information content (AvgIpc) is 3.22. The minimum atomic E-state index is 0.769. The maximum atomic E-state index is 4.63. The molecule has 0 bridgehead atoms. The highest BCUT2D eigenvalue weighted by Crippen LogP contribution is 2.17. The monoisotopic (exact) mass is 349 g/mol. The van der Waals surface area contributed by atoms with Gasteiger partial charge in [0.05, 0.1) is 0 Å². The van der Waals surface area contributed by atoms with E-state index in [1.807, 2.05) is 37.5 Å². The molecule has 0 atom stereocenters. The van der Waals surface area contributed by atoms with Crippen LogP contribution < -0.4 is 4.90 Å². The molecular weight excluding hydrogens is 326 g/mol. The summed E-state index contributed by atoms with van der Waals surface area (Å²) in [7, 11) is 0. The molecule has 0 aromatic carbocycles. The fourth-order valence-electron chi connectivity index (χ4n) is 3.24. The van der Waals surface area contributed by atoms with E-state index in [1.54, 1.807) is 10.9 Å². The molecule has 4 rings (SSSR count). The fourth-order valence-corrected chi connectivity index (χ4v) is 3.24. The SMILES string of the molecule is Cc1nc(N2CCN(CCc3ccccn3)CC2)cc(-n2cccn2)n1. The maximum absolute atomic E-state index is 4.63. The molecule has 0 amide bonds. The zero-order valence-corrected chi connectivity index (χ0v) is 15.0. The molecule has 0 aliphatic carbocycles. The Hall–Kier alpha value is -2.80. The van der Waals surface area contributed by atoms with E-state index in [0.717, 1.165) is 62.3 Å². The van der Waals surface area contributed by atoms with Crippen LogP contribution in [0, 0.1) is 6.92 Å². The Morgan fingerprint density at radius 1 is 0.962 bits per heavy atom. The summed E-state index contributed by atoms with van der Waals surface area (Å²) in [6, 6.07) is 10.0. The topological polar surface area (TPSA) is 63.0 Å². The minimum Gasteiger partial charge on any atom is -0.354 e. The molecule has 7 heteroatoms. The fraction of sp³-hybridized carbons (Fsp3) is 0.368. The molecule has 1 aliphatic rings. The number of aryl methyl sites for hydroxylation is 1. The van der Waals surface area contributed by atoms with Gasteiger partial charge in [0.1, 0.15) is 11.6 Å². The Morgan fingerprint density at radius 3 is 2.54 bits per heavy atom. The van der Waals surface area contributed by atoms with Gasteiger partial charge in [0.15, 0.2) is 5.82 Å². The number of pyridine rings is 1. The molecule has 1 saturated heterocycles. The Bertz CT molecular complexity index is 824. The highest BCUT2D eigenvalue weighted by atomic mass is 15.3. The largest absolute Gasteiger partial charge is 0.354 e. The van der Waals surface area contributed by atoms with Crippen LogP contribution in [0.1, 0.15) is 11.5 Å². The number of hydrogen-bond donors (Lipinski definition) is 0. The average molecular weight is 349 g/mol. The van der Waals surface area contributed by atoms with Crippen LogP contribution in [0.3, 0.4) is 0 Å². The van der Waals surface area contributed by atoms with Gasteiger partial charge < -0.3 is 4.90 Å². The molecule has 0 spiro atoms. The molecule has 134 valence electrons. The Kier molecular flexibility index (Phi) is 4.88. The van der Waals surface area contributed by atoms with Crippen molar-refractivity contribution in [1.82, 2.24) is 29.6 Å². The van der Waals surface area contributed by atoms with Crippen molar-refractivity contribution in [3.63, 3.8) is 0 Å². The van der Waals surface area contributed by atoms with Gasteiger partial charge in [0.25, 0.3) is 0 Å². The molecule has 1 aliphatic heterocycles. The predicted octanol–water partition coefficient (Wildman–Crippen LogP) is 1.73. The van der Waals surface area contributed by atoms with Gasteiger partial charge in [-0.25, -0.2) is 14.6 Å². The Labute approximate surface area is 153 Å². The molecule has 1 fully saturated rings. The van der Waals surface area contributed by atoms with Crippen LogP contribution in [-0.2, 0) is 6.42 Å². The van der Waals surface area contributed by atoms with E-state index in [4.69, 9.17) is 0 Å².